The predicted octanol–water partition coefficient (Wildman–Crippen LogP) is 1.57. The van der Waals surface area contributed by atoms with Gasteiger partial charge in [0.05, 0.1) is 18.1 Å². The molecule has 0 radical (unpaired) electrons. The fraction of sp³-hybridized carbons (Fsp3) is 0.533. The highest BCUT2D eigenvalue weighted by atomic mass is 32.1. The first-order valence-electron chi connectivity index (χ1n) is 6.94. The second-order valence-corrected chi connectivity index (χ2v) is 6.90. The van der Waals surface area contributed by atoms with E-state index in [4.69, 9.17) is 0 Å². The van der Waals surface area contributed by atoms with Crippen LogP contribution in [0.4, 0.5) is 0 Å². The van der Waals surface area contributed by atoms with Crippen molar-refractivity contribution >= 4 is 11.3 Å². The van der Waals surface area contributed by atoms with Gasteiger partial charge in [-0.15, -0.1) is 11.3 Å². The largest absolute Gasteiger partial charge is 0.396 e. The summed E-state index contributed by atoms with van der Waals surface area (Å²) in [5.41, 5.74) is 1.68. The van der Waals surface area contributed by atoms with E-state index in [1.165, 1.54) is 0 Å². The van der Waals surface area contributed by atoms with Crippen LogP contribution in [0.25, 0.3) is 10.6 Å². The zero-order valence-electron chi connectivity index (χ0n) is 12.8. The molecule has 0 saturated heterocycles. The monoisotopic (exact) mass is 309 g/mol. The summed E-state index contributed by atoms with van der Waals surface area (Å²) in [7, 11) is 3.92. The summed E-state index contributed by atoms with van der Waals surface area (Å²) < 4.78 is 1.83. The Morgan fingerprint density at radius 1 is 1.38 bits per heavy atom. The van der Waals surface area contributed by atoms with Crippen LogP contribution in [0.3, 0.4) is 0 Å². The molecule has 0 aromatic carbocycles. The quantitative estimate of drug-likeness (QED) is 0.815. The number of aliphatic hydroxyl groups excluding tert-OH is 2. The third-order valence-corrected chi connectivity index (χ3v) is 4.39. The smallest absolute Gasteiger partial charge is 0.107 e. The normalized spacial score (nSPS) is 12.3. The Balaban J connectivity index is 2.13. The van der Waals surface area contributed by atoms with Crippen LogP contribution in [-0.2, 0) is 13.6 Å². The summed E-state index contributed by atoms with van der Waals surface area (Å²) in [6.07, 6.45) is 2.03. The van der Waals surface area contributed by atoms with Crippen LogP contribution in [0.1, 0.15) is 12.5 Å². The lowest BCUT2D eigenvalue weighted by atomic mass is 9.92. The molecule has 0 amide bonds. The average Bonchev–Trinajstić information content (AvgIpc) is 3.08. The molecular formula is C15H23N3O2S. The van der Waals surface area contributed by atoms with E-state index in [0.717, 1.165) is 22.7 Å². The summed E-state index contributed by atoms with van der Waals surface area (Å²) in [6, 6.07) is 4.10. The van der Waals surface area contributed by atoms with Crippen LogP contribution >= 0.6 is 11.3 Å². The van der Waals surface area contributed by atoms with Crippen LogP contribution in [0.2, 0.25) is 0 Å². The third kappa shape index (κ3) is 3.91. The zero-order chi connectivity index (χ0) is 15.5. The first kappa shape index (κ1) is 16.2. The van der Waals surface area contributed by atoms with Crippen LogP contribution in [0, 0.1) is 5.41 Å². The highest BCUT2D eigenvalue weighted by molar-refractivity contribution is 7.13. The number of hydrogen-bond donors (Lipinski definition) is 2. The summed E-state index contributed by atoms with van der Waals surface area (Å²) in [5, 5.41) is 25.4. The molecule has 2 rings (SSSR count). The number of rotatable bonds is 7. The zero-order valence-corrected chi connectivity index (χ0v) is 13.6. The van der Waals surface area contributed by atoms with Gasteiger partial charge in [-0.2, -0.15) is 5.10 Å². The Labute approximate surface area is 129 Å². The molecule has 0 fully saturated rings. The van der Waals surface area contributed by atoms with Crippen molar-refractivity contribution in [3.63, 3.8) is 0 Å². The number of aryl methyl sites for hydroxylation is 1. The topological polar surface area (TPSA) is 61.5 Å². The van der Waals surface area contributed by atoms with Gasteiger partial charge in [0.25, 0.3) is 0 Å². The molecule has 0 aliphatic carbocycles. The predicted molar refractivity (Wildman–Crippen MR) is 85.1 cm³/mol. The van der Waals surface area contributed by atoms with Crippen molar-refractivity contribution in [2.75, 3.05) is 26.8 Å². The van der Waals surface area contributed by atoms with Crippen LogP contribution in [0.15, 0.2) is 23.7 Å². The van der Waals surface area contributed by atoms with Gasteiger partial charge in [-0.1, -0.05) is 13.0 Å². The van der Waals surface area contributed by atoms with E-state index in [1.54, 1.807) is 11.3 Å². The van der Waals surface area contributed by atoms with E-state index in [0.29, 0.717) is 6.54 Å². The summed E-state index contributed by atoms with van der Waals surface area (Å²) >= 11 is 1.68. The van der Waals surface area contributed by atoms with E-state index in [-0.39, 0.29) is 13.2 Å². The molecule has 2 heterocycles. The van der Waals surface area contributed by atoms with Gasteiger partial charge < -0.3 is 15.1 Å². The van der Waals surface area contributed by atoms with E-state index in [9.17, 15) is 10.2 Å². The maximum Gasteiger partial charge on any atom is 0.107 e. The van der Waals surface area contributed by atoms with E-state index in [2.05, 4.69) is 16.1 Å². The summed E-state index contributed by atoms with van der Waals surface area (Å²) in [5.74, 6) is 0. The molecule has 21 heavy (non-hydrogen) atoms. The Kier molecular flexibility index (Phi) is 5.16. The van der Waals surface area contributed by atoms with Crippen molar-refractivity contribution < 1.29 is 10.2 Å². The minimum absolute atomic E-state index is 0.0291. The number of hydrogen-bond acceptors (Lipinski definition) is 5. The second-order valence-electron chi connectivity index (χ2n) is 5.95. The van der Waals surface area contributed by atoms with Crippen molar-refractivity contribution in [1.82, 2.24) is 14.7 Å². The number of thiophene rings is 1. The summed E-state index contributed by atoms with van der Waals surface area (Å²) in [6.45, 7) is 3.18. The Morgan fingerprint density at radius 3 is 2.67 bits per heavy atom. The van der Waals surface area contributed by atoms with Crippen molar-refractivity contribution in [2.24, 2.45) is 12.5 Å². The average molecular weight is 309 g/mol. The first-order chi connectivity index (χ1) is 9.97. The molecule has 0 bridgehead atoms. The lowest BCUT2D eigenvalue weighted by Crippen LogP contribution is -2.38. The number of aliphatic hydroxyl groups is 2. The molecule has 0 atom stereocenters. The van der Waals surface area contributed by atoms with Crippen LogP contribution in [0.5, 0.6) is 0 Å². The lowest BCUT2D eigenvalue weighted by molar-refractivity contribution is 0.0402. The molecule has 2 N–H and O–H groups in total. The van der Waals surface area contributed by atoms with Crippen molar-refractivity contribution in [1.29, 1.82) is 0 Å². The highest BCUT2D eigenvalue weighted by Gasteiger charge is 2.25. The Hall–Kier alpha value is -1.21. The molecule has 2 aromatic heterocycles. The fourth-order valence-corrected chi connectivity index (χ4v) is 3.17. The van der Waals surface area contributed by atoms with Gasteiger partial charge in [-0.25, -0.2) is 0 Å². The minimum Gasteiger partial charge on any atom is -0.396 e. The Bertz CT molecular complexity index is 561. The van der Waals surface area contributed by atoms with Gasteiger partial charge in [-0.3, -0.25) is 4.68 Å². The van der Waals surface area contributed by atoms with Crippen LogP contribution < -0.4 is 0 Å². The van der Waals surface area contributed by atoms with Gasteiger partial charge in [0.15, 0.2) is 0 Å². The molecule has 0 aliphatic heterocycles. The maximum atomic E-state index is 9.41. The molecule has 0 unspecified atom stereocenters. The molecule has 5 nitrogen and oxygen atoms in total. The molecule has 0 saturated carbocycles. The molecule has 2 aromatic rings. The molecule has 0 aliphatic rings. The first-order valence-corrected chi connectivity index (χ1v) is 7.82. The Morgan fingerprint density at radius 2 is 2.10 bits per heavy atom. The van der Waals surface area contributed by atoms with Gasteiger partial charge in [-0.05, 0) is 18.5 Å². The SMILES string of the molecule is CN(Cc1cn(C)nc1-c1cccs1)CC(C)(CO)CO. The lowest BCUT2D eigenvalue weighted by Gasteiger charge is -2.30. The molecular weight excluding hydrogens is 286 g/mol. The third-order valence-electron chi connectivity index (χ3n) is 3.51. The fourth-order valence-electron chi connectivity index (χ4n) is 2.42. The standard InChI is InChI=1S/C15H23N3O2S/c1-15(10-19,11-20)9-17(2)7-12-8-18(3)16-14(12)13-5-4-6-21-13/h4-6,8,19-20H,7,9-11H2,1-3H3. The van der Waals surface area contributed by atoms with Gasteiger partial charge in [0, 0.05) is 37.3 Å². The maximum absolute atomic E-state index is 9.41. The van der Waals surface area contributed by atoms with E-state index >= 15 is 0 Å². The second kappa shape index (κ2) is 6.70. The highest BCUT2D eigenvalue weighted by Crippen LogP contribution is 2.27. The van der Waals surface area contributed by atoms with Crippen molar-refractivity contribution in [2.45, 2.75) is 13.5 Å². The number of nitrogens with zero attached hydrogens (tertiary/aromatic N) is 3. The molecule has 0 spiro atoms. The van der Waals surface area contributed by atoms with Gasteiger partial charge >= 0.3 is 0 Å². The minimum atomic E-state index is -0.486. The van der Waals surface area contributed by atoms with E-state index in [1.807, 2.05) is 43.3 Å². The molecule has 6 heteroatoms. The van der Waals surface area contributed by atoms with E-state index < -0.39 is 5.41 Å². The summed E-state index contributed by atoms with van der Waals surface area (Å²) in [4.78, 5) is 3.27. The number of aromatic nitrogens is 2. The van der Waals surface area contributed by atoms with Crippen LogP contribution in [-0.4, -0.2) is 51.7 Å². The molecule has 116 valence electrons. The van der Waals surface area contributed by atoms with Crippen molar-refractivity contribution in [3.05, 3.63) is 29.3 Å². The van der Waals surface area contributed by atoms with Gasteiger partial charge in [0.1, 0.15) is 5.69 Å². The van der Waals surface area contributed by atoms with Crippen molar-refractivity contribution in [3.8, 4) is 10.6 Å². The van der Waals surface area contributed by atoms with Gasteiger partial charge in [0.2, 0.25) is 0 Å².